The van der Waals surface area contributed by atoms with Crippen LogP contribution in [0.5, 0.6) is 0 Å². The average molecular weight is 442 g/mol. The first kappa shape index (κ1) is 21.9. The second-order valence-corrected chi connectivity index (χ2v) is 7.60. The highest BCUT2D eigenvalue weighted by molar-refractivity contribution is 6.22. The zero-order valence-electron chi connectivity index (χ0n) is 18.0. The number of fused-ring (bicyclic) bond motifs is 1. The number of benzene rings is 2. The number of hydrogen-bond acceptors (Lipinski definition) is 5. The Bertz CT molecular complexity index is 1240. The molecule has 166 valence electrons. The van der Waals surface area contributed by atoms with Crippen molar-refractivity contribution >= 4 is 35.0 Å². The predicted molar refractivity (Wildman–Crippen MR) is 123 cm³/mol. The largest absolute Gasteiger partial charge is 0.322 e. The van der Waals surface area contributed by atoms with Gasteiger partial charge in [-0.2, -0.15) is 0 Å². The van der Waals surface area contributed by atoms with Crippen molar-refractivity contribution in [1.29, 1.82) is 0 Å². The minimum absolute atomic E-state index is 0.231. The topological polar surface area (TPSA) is 108 Å². The first-order chi connectivity index (χ1) is 16.0. The van der Waals surface area contributed by atoms with E-state index in [-0.39, 0.29) is 28.8 Å². The van der Waals surface area contributed by atoms with Gasteiger partial charge in [0.25, 0.3) is 23.6 Å². The predicted octanol–water partition coefficient (Wildman–Crippen LogP) is 3.98. The van der Waals surface area contributed by atoms with Crippen molar-refractivity contribution in [2.75, 3.05) is 17.2 Å². The molecule has 0 aliphatic carbocycles. The van der Waals surface area contributed by atoms with Gasteiger partial charge in [0.1, 0.15) is 0 Å². The van der Waals surface area contributed by atoms with E-state index in [1.165, 1.54) is 23.1 Å². The molecule has 0 radical (unpaired) electrons. The Morgan fingerprint density at radius 2 is 1.48 bits per heavy atom. The zero-order chi connectivity index (χ0) is 23.4. The Morgan fingerprint density at radius 1 is 0.818 bits per heavy atom. The van der Waals surface area contributed by atoms with Crippen LogP contribution in [0.4, 0.5) is 11.4 Å². The molecular weight excluding hydrogens is 420 g/mol. The quantitative estimate of drug-likeness (QED) is 0.538. The van der Waals surface area contributed by atoms with Crippen LogP contribution in [0.25, 0.3) is 0 Å². The second-order valence-electron chi connectivity index (χ2n) is 7.60. The summed E-state index contributed by atoms with van der Waals surface area (Å²) in [4.78, 5) is 55.6. The Kier molecular flexibility index (Phi) is 6.26. The number of rotatable bonds is 7. The number of hydrogen-bond donors (Lipinski definition) is 2. The maximum Gasteiger partial charge on any atom is 0.261 e. The Balaban J connectivity index is 1.48. The van der Waals surface area contributed by atoms with E-state index in [1.54, 1.807) is 48.8 Å². The first-order valence-electron chi connectivity index (χ1n) is 10.6. The number of nitrogens with zero attached hydrogens (tertiary/aromatic N) is 2. The zero-order valence-corrected chi connectivity index (χ0v) is 18.0. The number of imide groups is 1. The SMILES string of the molecule is CCCCN1C(=O)c2ccc(C(=O)Nc3cccc(C(=O)Nc4ccncc4)c3)cc2C1=O. The summed E-state index contributed by atoms with van der Waals surface area (Å²) in [5, 5.41) is 5.50. The Morgan fingerprint density at radius 3 is 2.21 bits per heavy atom. The summed E-state index contributed by atoms with van der Waals surface area (Å²) >= 11 is 0. The molecule has 0 saturated heterocycles. The van der Waals surface area contributed by atoms with Crippen LogP contribution in [-0.4, -0.2) is 40.1 Å². The molecule has 0 bridgehead atoms. The molecule has 1 aliphatic heterocycles. The third-order valence-corrected chi connectivity index (χ3v) is 5.29. The van der Waals surface area contributed by atoms with Crippen molar-refractivity contribution < 1.29 is 19.2 Å². The molecule has 1 aromatic heterocycles. The van der Waals surface area contributed by atoms with E-state index in [4.69, 9.17) is 0 Å². The van der Waals surface area contributed by atoms with Crippen LogP contribution < -0.4 is 10.6 Å². The number of nitrogens with one attached hydrogen (secondary N) is 2. The second kappa shape index (κ2) is 9.44. The third-order valence-electron chi connectivity index (χ3n) is 5.29. The minimum atomic E-state index is -0.447. The summed E-state index contributed by atoms with van der Waals surface area (Å²) < 4.78 is 0. The molecule has 4 amide bonds. The van der Waals surface area contributed by atoms with Gasteiger partial charge in [-0.25, -0.2) is 0 Å². The maximum atomic E-state index is 12.8. The number of anilines is 2. The van der Waals surface area contributed by atoms with E-state index in [2.05, 4.69) is 15.6 Å². The van der Waals surface area contributed by atoms with Crippen molar-refractivity contribution in [2.45, 2.75) is 19.8 Å². The molecule has 0 atom stereocenters. The van der Waals surface area contributed by atoms with Crippen LogP contribution in [0.2, 0.25) is 0 Å². The standard InChI is InChI=1S/C25H22N4O4/c1-2-3-13-29-24(32)20-8-7-17(15-21(20)25(29)33)23(31)28-19-6-4-5-16(14-19)22(30)27-18-9-11-26-12-10-18/h4-12,14-15H,2-3,13H2,1H3,(H,28,31)(H,26,27,30). The first-order valence-corrected chi connectivity index (χ1v) is 10.6. The fourth-order valence-electron chi connectivity index (χ4n) is 3.53. The number of unbranched alkanes of at least 4 members (excludes halogenated alkanes) is 1. The number of carbonyl (C=O) groups excluding carboxylic acids is 4. The van der Waals surface area contributed by atoms with Crippen molar-refractivity contribution in [3.8, 4) is 0 Å². The molecule has 2 N–H and O–H groups in total. The minimum Gasteiger partial charge on any atom is -0.322 e. The lowest BCUT2D eigenvalue weighted by Gasteiger charge is -2.12. The fourth-order valence-corrected chi connectivity index (χ4v) is 3.53. The smallest absolute Gasteiger partial charge is 0.261 e. The van der Waals surface area contributed by atoms with Crippen LogP contribution in [0.15, 0.2) is 67.0 Å². The summed E-state index contributed by atoms with van der Waals surface area (Å²) in [5.41, 5.74) is 2.19. The van der Waals surface area contributed by atoms with Crippen LogP contribution >= 0.6 is 0 Å². The molecule has 33 heavy (non-hydrogen) atoms. The highest BCUT2D eigenvalue weighted by Crippen LogP contribution is 2.25. The molecule has 2 aromatic carbocycles. The van der Waals surface area contributed by atoms with Crippen LogP contribution in [0, 0.1) is 0 Å². The summed E-state index contributed by atoms with van der Waals surface area (Å²) in [6, 6.07) is 14.3. The molecule has 0 spiro atoms. The van der Waals surface area contributed by atoms with Crippen molar-refractivity contribution in [3.63, 3.8) is 0 Å². The van der Waals surface area contributed by atoms with Gasteiger partial charge in [0.05, 0.1) is 11.1 Å². The Hall–Kier alpha value is -4.33. The van der Waals surface area contributed by atoms with Crippen molar-refractivity contribution in [2.24, 2.45) is 0 Å². The molecule has 1 aliphatic rings. The van der Waals surface area contributed by atoms with Crippen LogP contribution in [0.1, 0.15) is 61.2 Å². The molecule has 4 rings (SSSR count). The molecule has 8 heteroatoms. The van der Waals surface area contributed by atoms with Gasteiger partial charge in [-0.3, -0.25) is 29.1 Å². The van der Waals surface area contributed by atoms with E-state index in [0.717, 1.165) is 12.8 Å². The monoisotopic (exact) mass is 442 g/mol. The van der Waals surface area contributed by atoms with Crippen molar-refractivity contribution in [1.82, 2.24) is 9.88 Å². The van der Waals surface area contributed by atoms with E-state index in [0.29, 0.717) is 29.0 Å². The molecule has 0 saturated carbocycles. The summed E-state index contributed by atoms with van der Waals surface area (Å²) in [5.74, 6) is -1.49. The number of aromatic nitrogens is 1. The summed E-state index contributed by atoms with van der Waals surface area (Å²) in [7, 11) is 0. The van der Waals surface area contributed by atoms with E-state index in [1.807, 2.05) is 6.92 Å². The van der Waals surface area contributed by atoms with Gasteiger partial charge in [-0.1, -0.05) is 19.4 Å². The van der Waals surface area contributed by atoms with Gasteiger partial charge in [-0.15, -0.1) is 0 Å². The van der Waals surface area contributed by atoms with E-state index >= 15 is 0 Å². The fraction of sp³-hybridized carbons (Fsp3) is 0.160. The normalized spacial score (nSPS) is 12.5. The molecule has 3 aromatic rings. The summed E-state index contributed by atoms with van der Waals surface area (Å²) in [6.07, 6.45) is 4.74. The van der Waals surface area contributed by atoms with Crippen LogP contribution in [-0.2, 0) is 0 Å². The highest BCUT2D eigenvalue weighted by Gasteiger charge is 2.35. The highest BCUT2D eigenvalue weighted by atomic mass is 16.2. The molecule has 8 nitrogen and oxygen atoms in total. The Labute approximate surface area is 190 Å². The lowest BCUT2D eigenvalue weighted by atomic mass is 10.1. The number of pyridine rings is 1. The van der Waals surface area contributed by atoms with Gasteiger partial charge in [-0.05, 0) is 55.0 Å². The van der Waals surface area contributed by atoms with Crippen LogP contribution in [0.3, 0.4) is 0 Å². The molecule has 0 unspecified atom stereocenters. The third kappa shape index (κ3) is 4.64. The van der Waals surface area contributed by atoms with Gasteiger partial charge < -0.3 is 10.6 Å². The maximum absolute atomic E-state index is 12.8. The molecule has 0 fully saturated rings. The van der Waals surface area contributed by atoms with E-state index < -0.39 is 5.91 Å². The molecule has 2 heterocycles. The van der Waals surface area contributed by atoms with E-state index in [9.17, 15) is 19.2 Å². The van der Waals surface area contributed by atoms with Gasteiger partial charge >= 0.3 is 0 Å². The van der Waals surface area contributed by atoms with Gasteiger partial charge in [0, 0.05) is 41.4 Å². The van der Waals surface area contributed by atoms with Gasteiger partial charge in [0.15, 0.2) is 0 Å². The van der Waals surface area contributed by atoms with Gasteiger partial charge in [0.2, 0.25) is 0 Å². The number of amides is 4. The lowest BCUT2D eigenvalue weighted by Crippen LogP contribution is -2.30. The average Bonchev–Trinajstić information content (AvgIpc) is 3.07. The number of carbonyl (C=O) groups is 4. The lowest BCUT2D eigenvalue weighted by molar-refractivity contribution is 0.0652. The van der Waals surface area contributed by atoms with Crippen molar-refractivity contribution in [3.05, 3.63) is 89.2 Å². The summed E-state index contributed by atoms with van der Waals surface area (Å²) in [6.45, 7) is 2.34. The molecular formula is C25H22N4O4.